The molecule has 0 amide bonds. The van der Waals surface area contributed by atoms with Gasteiger partial charge in [0, 0.05) is 18.3 Å². The Morgan fingerprint density at radius 3 is 3.07 bits per heavy atom. The van der Waals surface area contributed by atoms with Crippen molar-refractivity contribution in [2.45, 2.75) is 25.4 Å². The van der Waals surface area contributed by atoms with Crippen LogP contribution in [0.3, 0.4) is 0 Å². The summed E-state index contributed by atoms with van der Waals surface area (Å²) >= 11 is 0. The monoisotopic (exact) mass is 201 g/mol. The molecule has 2 rings (SSSR count). The Morgan fingerprint density at radius 1 is 1.60 bits per heavy atom. The quantitative estimate of drug-likeness (QED) is 0.784. The molecular formula is C12H15N3. The lowest BCUT2D eigenvalue weighted by atomic mass is 10.1. The predicted molar refractivity (Wildman–Crippen MR) is 60.5 cm³/mol. The van der Waals surface area contributed by atoms with Crippen LogP contribution in [-0.2, 0) is 6.42 Å². The molecule has 0 saturated heterocycles. The van der Waals surface area contributed by atoms with Crippen molar-refractivity contribution in [1.82, 2.24) is 0 Å². The van der Waals surface area contributed by atoms with Crippen LogP contribution in [0.2, 0.25) is 0 Å². The van der Waals surface area contributed by atoms with Crippen LogP contribution in [0.4, 0.5) is 5.69 Å². The summed E-state index contributed by atoms with van der Waals surface area (Å²) in [7, 11) is 0. The van der Waals surface area contributed by atoms with Gasteiger partial charge < -0.3 is 10.6 Å². The van der Waals surface area contributed by atoms with Gasteiger partial charge >= 0.3 is 0 Å². The second-order valence-electron chi connectivity index (χ2n) is 4.07. The van der Waals surface area contributed by atoms with Crippen molar-refractivity contribution in [2.75, 3.05) is 11.4 Å². The second kappa shape index (κ2) is 3.92. The van der Waals surface area contributed by atoms with Crippen LogP contribution < -0.4 is 10.6 Å². The average molecular weight is 201 g/mol. The summed E-state index contributed by atoms with van der Waals surface area (Å²) in [5.74, 6) is 0. The van der Waals surface area contributed by atoms with E-state index in [2.05, 4.69) is 36.1 Å². The Labute approximate surface area is 90.1 Å². The van der Waals surface area contributed by atoms with Crippen molar-refractivity contribution in [2.24, 2.45) is 5.73 Å². The highest BCUT2D eigenvalue weighted by molar-refractivity contribution is 5.59. The summed E-state index contributed by atoms with van der Waals surface area (Å²) in [6.07, 6.45) is 1.05. The fourth-order valence-electron chi connectivity index (χ4n) is 2.16. The van der Waals surface area contributed by atoms with Crippen molar-refractivity contribution in [1.29, 1.82) is 5.26 Å². The number of para-hydroxylation sites is 1. The van der Waals surface area contributed by atoms with Gasteiger partial charge in [-0.1, -0.05) is 18.2 Å². The largest absolute Gasteiger partial charge is 0.366 e. The molecule has 0 aliphatic carbocycles. The molecule has 3 heteroatoms. The lowest BCUT2D eigenvalue weighted by Crippen LogP contribution is -2.39. The van der Waals surface area contributed by atoms with Crippen molar-refractivity contribution in [3.05, 3.63) is 29.8 Å². The minimum atomic E-state index is -0.404. The smallest absolute Gasteiger partial charge is 0.110 e. The third-order valence-corrected chi connectivity index (χ3v) is 2.91. The number of benzene rings is 1. The number of nitrogens with zero attached hydrogens (tertiary/aromatic N) is 2. The molecule has 2 unspecified atom stereocenters. The van der Waals surface area contributed by atoms with Gasteiger partial charge in [-0.15, -0.1) is 0 Å². The fraction of sp³-hybridized carbons (Fsp3) is 0.417. The highest BCUT2D eigenvalue weighted by Crippen LogP contribution is 2.31. The number of nitrogens with two attached hydrogens (primary N) is 1. The van der Waals surface area contributed by atoms with Crippen molar-refractivity contribution < 1.29 is 0 Å². The molecule has 0 spiro atoms. The molecule has 0 saturated carbocycles. The number of rotatable bonds is 2. The number of nitriles is 1. The van der Waals surface area contributed by atoms with E-state index in [0.717, 1.165) is 6.42 Å². The Balaban J connectivity index is 2.23. The van der Waals surface area contributed by atoms with E-state index in [4.69, 9.17) is 11.0 Å². The summed E-state index contributed by atoms with van der Waals surface area (Å²) in [4.78, 5) is 2.23. The van der Waals surface area contributed by atoms with Crippen LogP contribution >= 0.6 is 0 Å². The number of hydrogen-bond donors (Lipinski definition) is 1. The van der Waals surface area contributed by atoms with E-state index in [-0.39, 0.29) is 0 Å². The first kappa shape index (κ1) is 10.0. The first-order chi connectivity index (χ1) is 7.22. The van der Waals surface area contributed by atoms with E-state index in [1.807, 2.05) is 6.07 Å². The third-order valence-electron chi connectivity index (χ3n) is 2.91. The van der Waals surface area contributed by atoms with Crippen molar-refractivity contribution in [3.8, 4) is 6.07 Å². The minimum Gasteiger partial charge on any atom is -0.366 e. The Kier molecular flexibility index (Phi) is 2.61. The maximum atomic E-state index is 8.73. The Bertz CT molecular complexity index is 394. The van der Waals surface area contributed by atoms with E-state index in [1.165, 1.54) is 11.3 Å². The van der Waals surface area contributed by atoms with Gasteiger partial charge in [0.25, 0.3) is 0 Å². The summed E-state index contributed by atoms with van der Waals surface area (Å²) in [5, 5.41) is 8.73. The number of anilines is 1. The molecule has 1 aliphatic heterocycles. The van der Waals surface area contributed by atoms with Gasteiger partial charge in [-0.05, 0) is 25.0 Å². The topological polar surface area (TPSA) is 53.0 Å². The normalized spacial score (nSPS) is 20.9. The van der Waals surface area contributed by atoms with Crippen LogP contribution in [0, 0.1) is 11.3 Å². The zero-order valence-corrected chi connectivity index (χ0v) is 8.85. The molecule has 2 atom stereocenters. The van der Waals surface area contributed by atoms with Crippen molar-refractivity contribution in [3.63, 3.8) is 0 Å². The lowest BCUT2D eigenvalue weighted by molar-refractivity contribution is 0.644. The molecule has 15 heavy (non-hydrogen) atoms. The summed E-state index contributed by atoms with van der Waals surface area (Å²) in [6, 6.07) is 10.4. The van der Waals surface area contributed by atoms with Gasteiger partial charge in [0.05, 0.1) is 6.07 Å². The number of hydrogen-bond acceptors (Lipinski definition) is 3. The molecule has 2 N–H and O–H groups in total. The summed E-state index contributed by atoms with van der Waals surface area (Å²) in [6.45, 7) is 2.79. The van der Waals surface area contributed by atoms with Gasteiger partial charge in [0.15, 0.2) is 0 Å². The molecule has 3 nitrogen and oxygen atoms in total. The van der Waals surface area contributed by atoms with Gasteiger partial charge in [-0.3, -0.25) is 0 Å². The molecule has 1 heterocycles. The maximum Gasteiger partial charge on any atom is 0.110 e. The molecule has 1 aromatic rings. The average Bonchev–Trinajstić information content (AvgIpc) is 2.55. The van der Waals surface area contributed by atoms with Crippen LogP contribution in [0.5, 0.6) is 0 Å². The van der Waals surface area contributed by atoms with E-state index < -0.39 is 6.04 Å². The van der Waals surface area contributed by atoms with Crippen LogP contribution in [0.1, 0.15) is 12.5 Å². The second-order valence-corrected chi connectivity index (χ2v) is 4.07. The van der Waals surface area contributed by atoms with Gasteiger partial charge in [-0.25, -0.2) is 0 Å². The Hall–Kier alpha value is -1.53. The first-order valence-electron chi connectivity index (χ1n) is 5.22. The predicted octanol–water partition coefficient (Wildman–Crippen LogP) is 1.29. The molecule has 0 fully saturated rings. The molecule has 1 aliphatic rings. The highest BCUT2D eigenvalue weighted by atomic mass is 15.2. The standard InChI is InChI=1S/C12H15N3/c1-9-6-10-4-2-3-5-12(10)15(9)8-11(14)7-13/h2-5,9,11H,6,8,14H2,1H3. The van der Waals surface area contributed by atoms with Gasteiger partial charge in [0.1, 0.15) is 6.04 Å². The Morgan fingerprint density at radius 2 is 2.33 bits per heavy atom. The highest BCUT2D eigenvalue weighted by Gasteiger charge is 2.26. The third kappa shape index (κ3) is 1.81. The minimum absolute atomic E-state index is 0.404. The first-order valence-corrected chi connectivity index (χ1v) is 5.22. The lowest BCUT2D eigenvalue weighted by Gasteiger charge is -2.25. The SMILES string of the molecule is CC1Cc2ccccc2N1CC(N)C#N. The van der Waals surface area contributed by atoms with E-state index in [9.17, 15) is 0 Å². The van der Waals surface area contributed by atoms with Gasteiger partial charge in [-0.2, -0.15) is 5.26 Å². The summed E-state index contributed by atoms with van der Waals surface area (Å²) < 4.78 is 0. The molecule has 0 bridgehead atoms. The molecule has 0 radical (unpaired) electrons. The van der Waals surface area contributed by atoms with Crippen molar-refractivity contribution >= 4 is 5.69 Å². The zero-order chi connectivity index (χ0) is 10.8. The van der Waals surface area contributed by atoms with Gasteiger partial charge in [0.2, 0.25) is 0 Å². The molecule has 78 valence electrons. The maximum absolute atomic E-state index is 8.73. The van der Waals surface area contributed by atoms with Crippen LogP contribution in [0.15, 0.2) is 24.3 Å². The zero-order valence-electron chi connectivity index (χ0n) is 8.85. The molecule has 0 aromatic heterocycles. The van der Waals surface area contributed by atoms with Crippen LogP contribution in [-0.4, -0.2) is 18.6 Å². The van der Waals surface area contributed by atoms with E-state index >= 15 is 0 Å². The van der Waals surface area contributed by atoms with E-state index in [1.54, 1.807) is 0 Å². The molecule has 1 aromatic carbocycles. The number of fused-ring (bicyclic) bond motifs is 1. The van der Waals surface area contributed by atoms with E-state index in [0.29, 0.717) is 12.6 Å². The summed E-state index contributed by atoms with van der Waals surface area (Å²) in [5.41, 5.74) is 8.26. The van der Waals surface area contributed by atoms with Crippen LogP contribution in [0.25, 0.3) is 0 Å². The molecular weight excluding hydrogens is 186 g/mol. The fourth-order valence-corrected chi connectivity index (χ4v) is 2.16.